The number of nitrogens with two attached hydrogens (primary N) is 1. The highest BCUT2D eigenvalue weighted by Gasteiger charge is 2.08. The van der Waals surface area contributed by atoms with Crippen LogP contribution >= 0.6 is 0 Å². The normalized spacial score (nSPS) is 10.6. The second-order valence-corrected chi connectivity index (χ2v) is 4.92. The number of aryl methyl sites for hydroxylation is 2. The van der Waals surface area contributed by atoms with Crippen molar-refractivity contribution in [2.75, 3.05) is 7.11 Å². The summed E-state index contributed by atoms with van der Waals surface area (Å²) in [5, 5.41) is 0. The Morgan fingerprint density at radius 3 is 2.25 bits per heavy atom. The molecule has 106 valence electrons. The van der Waals surface area contributed by atoms with Gasteiger partial charge >= 0.3 is 0 Å². The van der Waals surface area contributed by atoms with Gasteiger partial charge in [0.05, 0.1) is 7.11 Å². The summed E-state index contributed by atoms with van der Waals surface area (Å²) in [6.07, 6.45) is 2.14. The fourth-order valence-corrected chi connectivity index (χ4v) is 2.62. The van der Waals surface area contributed by atoms with Gasteiger partial charge in [-0.3, -0.25) is 0 Å². The monoisotopic (exact) mass is 269 g/mol. The minimum absolute atomic E-state index is 0.517. The van der Waals surface area contributed by atoms with E-state index >= 15 is 0 Å². The van der Waals surface area contributed by atoms with Crippen LogP contribution in [0.3, 0.4) is 0 Å². The van der Waals surface area contributed by atoms with E-state index in [2.05, 4.69) is 38.1 Å². The zero-order valence-electron chi connectivity index (χ0n) is 12.6. The van der Waals surface area contributed by atoms with Gasteiger partial charge in [0.2, 0.25) is 0 Å². The summed E-state index contributed by atoms with van der Waals surface area (Å²) in [5.41, 5.74) is 12.3. The van der Waals surface area contributed by atoms with Gasteiger partial charge in [0, 0.05) is 6.54 Å². The third kappa shape index (κ3) is 2.86. The van der Waals surface area contributed by atoms with E-state index in [1.165, 1.54) is 22.3 Å². The Morgan fingerprint density at radius 1 is 0.900 bits per heavy atom. The van der Waals surface area contributed by atoms with E-state index in [4.69, 9.17) is 10.5 Å². The molecular weight excluding hydrogens is 246 g/mol. The van der Waals surface area contributed by atoms with Crippen LogP contribution in [-0.2, 0) is 19.4 Å². The van der Waals surface area contributed by atoms with Crippen LogP contribution in [0.25, 0.3) is 11.1 Å². The summed E-state index contributed by atoms with van der Waals surface area (Å²) in [7, 11) is 1.68. The number of hydrogen-bond donors (Lipinski definition) is 1. The Hall–Kier alpha value is -1.80. The first-order valence-electron chi connectivity index (χ1n) is 7.22. The van der Waals surface area contributed by atoms with Crippen molar-refractivity contribution in [1.82, 2.24) is 0 Å². The van der Waals surface area contributed by atoms with E-state index in [1.54, 1.807) is 7.11 Å². The third-order valence-corrected chi connectivity index (χ3v) is 3.81. The second kappa shape index (κ2) is 6.58. The van der Waals surface area contributed by atoms with E-state index in [9.17, 15) is 0 Å². The first kappa shape index (κ1) is 14.6. The zero-order valence-corrected chi connectivity index (χ0v) is 12.6. The lowest BCUT2D eigenvalue weighted by Gasteiger charge is -2.13. The van der Waals surface area contributed by atoms with Crippen LogP contribution in [0.5, 0.6) is 5.75 Å². The molecule has 0 aromatic heterocycles. The summed E-state index contributed by atoms with van der Waals surface area (Å²) in [5.74, 6) is 0.857. The molecule has 0 heterocycles. The first-order chi connectivity index (χ1) is 9.73. The Bertz CT molecular complexity index is 590. The molecule has 0 unspecified atom stereocenters. The van der Waals surface area contributed by atoms with E-state index in [0.717, 1.165) is 24.2 Å². The van der Waals surface area contributed by atoms with Crippen LogP contribution in [0.1, 0.15) is 30.5 Å². The van der Waals surface area contributed by atoms with Crippen LogP contribution in [0, 0.1) is 0 Å². The first-order valence-corrected chi connectivity index (χ1v) is 7.22. The van der Waals surface area contributed by atoms with Crippen LogP contribution in [0.4, 0.5) is 0 Å². The van der Waals surface area contributed by atoms with Gasteiger partial charge in [0.25, 0.3) is 0 Å². The average Bonchev–Trinajstić information content (AvgIpc) is 2.53. The molecule has 20 heavy (non-hydrogen) atoms. The van der Waals surface area contributed by atoms with Gasteiger partial charge in [0.15, 0.2) is 0 Å². The van der Waals surface area contributed by atoms with E-state index in [-0.39, 0.29) is 0 Å². The van der Waals surface area contributed by atoms with Crippen LogP contribution < -0.4 is 10.5 Å². The molecule has 2 aromatic carbocycles. The Morgan fingerprint density at radius 2 is 1.65 bits per heavy atom. The molecule has 0 bridgehead atoms. The molecule has 0 saturated carbocycles. The van der Waals surface area contributed by atoms with Crippen LogP contribution in [-0.4, -0.2) is 7.11 Å². The molecule has 0 fully saturated rings. The minimum atomic E-state index is 0.517. The van der Waals surface area contributed by atoms with Crippen LogP contribution in [0.2, 0.25) is 0 Å². The lowest BCUT2D eigenvalue weighted by Crippen LogP contribution is -2.00. The average molecular weight is 269 g/mol. The molecule has 2 nitrogen and oxygen atoms in total. The number of ether oxygens (including phenoxy) is 1. The van der Waals surface area contributed by atoms with Crippen molar-refractivity contribution in [2.45, 2.75) is 33.2 Å². The molecule has 0 amide bonds. The Kier molecular flexibility index (Phi) is 4.80. The number of hydrogen-bond acceptors (Lipinski definition) is 2. The fraction of sp³-hybridized carbons (Fsp3) is 0.333. The molecule has 0 aliphatic carbocycles. The predicted octanol–water partition coefficient (Wildman–Crippen LogP) is 3.95. The molecule has 2 heteroatoms. The van der Waals surface area contributed by atoms with Gasteiger partial charge in [-0.05, 0) is 52.8 Å². The maximum absolute atomic E-state index is 5.88. The van der Waals surface area contributed by atoms with Crippen molar-refractivity contribution >= 4 is 0 Å². The minimum Gasteiger partial charge on any atom is -0.497 e. The second-order valence-electron chi connectivity index (χ2n) is 4.92. The molecule has 0 radical (unpaired) electrons. The van der Waals surface area contributed by atoms with Crippen molar-refractivity contribution < 1.29 is 4.74 Å². The van der Waals surface area contributed by atoms with Gasteiger partial charge < -0.3 is 10.5 Å². The van der Waals surface area contributed by atoms with Gasteiger partial charge in [-0.25, -0.2) is 0 Å². The summed E-state index contributed by atoms with van der Waals surface area (Å²) in [6.45, 7) is 4.92. The fourth-order valence-electron chi connectivity index (χ4n) is 2.62. The number of benzene rings is 2. The van der Waals surface area contributed by atoms with Gasteiger partial charge in [-0.2, -0.15) is 0 Å². The SMILES string of the molecule is CCc1ccc(-c2ccc(OC)cc2CN)cc1CC. The Labute approximate surface area is 121 Å². The molecule has 2 N–H and O–H groups in total. The molecule has 0 spiro atoms. The smallest absolute Gasteiger partial charge is 0.119 e. The summed E-state index contributed by atoms with van der Waals surface area (Å²) >= 11 is 0. The molecule has 0 aliphatic heterocycles. The van der Waals surface area contributed by atoms with Gasteiger partial charge in [-0.15, -0.1) is 0 Å². The zero-order chi connectivity index (χ0) is 14.5. The summed E-state index contributed by atoms with van der Waals surface area (Å²) < 4.78 is 5.27. The standard InChI is InChI=1S/C18H23NO/c1-4-13-6-7-15(10-14(13)5-2)18-9-8-17(20-3)11-16(18)12-19/h6-11H,4-5,12,19H2,1-3H3. The molecular formula is C18H23NO. The molecule has 0 saturated heterocycles. The van der Waals surface area contributed by atoms with Crippen molar-refractivity contribution in [3.63, 3.8) is 0 Å². The molecule has 2 aromatic rings. The maximum atomic E-state index is 5.88. The maximum Gasteiger partial charge on any atom is 0.119 e. The van der Waals surface area contributed by atoms with Crippen molar-refractivity contribution in [1.29, 1.82) is 0 Å². The lowest BCUT2D eigenvalue weighted by atomic mass is 9.94. The highest BCUT2D eigenvalue weighted by atomic mass is 16.5. The van der Waals surface area contributed by atoms with Crippen molar-refractivity contribution in [3.8, 4) is 16.9 Å². The largest absolute Gasteiger partial charge is 0.497 e. The summed E-state index contributed by atoms with van der Waals surface area (Å²) in [4.78, 5) is 0. The molecule has 0 aliphatic rings. The van der Waals surface area contributed by atoms with Crippen molar-refractivity contribution in [2.24, 2.45) is 5.73 Å². The molecule has 0 atom stereocenters. The van der Waals surface area contributed by atoms with E-state index in [1.807, 2.05) is 12.1 Å². The van der Waals surface area contributed by atoms with Crippen molar-refractivity contribution in [3.05, 3.63) is 53.1 Å². The van der Waals surface area contributed by atoms with E-state index < -0.39 is 0 Å². The predicted molar refractivity (Wildman–Crippen MR) is 85.1 cm³/mol. The van der Waals surface area contributed by atoms with Crippen LogP contribution in [0.15, 0.2) is 36.4 Å². The topological polar surface area (TPSA) is 35.2 Å². The highest BCUT2D eigenvalue weighted by Crippen LogP contribution is 2.29. The third-order valence-electron chi connectivity index (χ3n) is 3.81. The highest BCUT2D eigenvalue weighted by molar-refractivity contribution is 5.69. The number of rotatable bonds is 5. The summed E-state index contributed by atoms with van der Waals surface area (Å²) in [6, 6.07) is 12.8. The molecule has 2 rings (SSSR count). The van der Waals surface area contributed by atoms with Gasteiger partial charge in [0.1, 0.15) is 5.75 Å². The van der Waals surface area contributed by atoms with Gasteiger partial charge in [-0.1, -0.05) is 38.1 Å². The lowest BCUT2D eigenvalue weighted by molar-refractivity contribution is 0.414. The number of methoxy groups -OCH3 is 1. The quantitative estimate of drug-likeness (QED) is 0.892. The Balaban J connectivity index is 2.50. The van der Waals surface area contributed by atoms with E-state index in [0.29, 0.717) is 6.54 Å².